The van der Waals surface area contributed by atoms with Gasteiger partial charge in [0.05, 0.1) is 5.69 Å². The molecule has 0 saturated heterocycles. The number of amides is 1. The van der Waals surface area contributed by atoms with E-state index in [1.165, 1.54) is 0 Å². The molecule has 3 aromatic rings. The van der Waals surface area contributed by atoms with Crippen molar-refractivity contribution in [2.45, 2.75) is 6.92 Å². The van der Waals surface area contributed by atoms with Gasteiger partial charge in [-0.05, 0) is 76.9 Å². The van der Waals surface area contributed by atoms with E-state index in [1.807, 2.05) is 25.1 Å². The first-order valence-electron chi connectivity index (χ1n) is 7.17. The summed E-state index contributed by atoms with van der Waals surface area (Å²) in [5.74, 6) is 0.582. The summed E-state index contributed by atoms with van der Waals surface area (Å²) in [5.41, 5.74) is 8.96. The summed E-state index contributed by atoms with van der Waals surface area (Å²) in [6, 6.07) is 14.5. The zero-order chi connectivity index (χ0) is 17.3. The Morgan fingerprint density at radius 3 is 2.58 bits per heavy atom. The number of hydrogen-bond donors (Lipinski definition) is 2. The maximum atomic E-state index is 12.4. The minimum absolute atomic E-state index is 0.246. The van der Waals surface area contributed by atoms with E-state index in [2.05, 4.69) is 37.2 Å². The van der Waals surface area contributed by atoms with Crippen molar-refractivity contribution < 1.29 is 9.21 Å². The van der Waals surface area contributed by atoms with Crippen LogP contribution in [0.2, 0.25) is 0 Å². The maximum absolute atomic E-state index is 12.4. The van der Waals surface area contributed by atoms with Gasteiger partial charge in [-0.3, -0.25) is 4.79 Å². The Kier molecular flexibility index (Phi) is 4.78. The number of nitrogens with one attached hydrogen (secondary N) is 1. The lowest BCUT2D eigenvalue weighted by molar-refractivity contribution is 0.0997. The summed E-state index contributed by atoms with van der Waals surface area (Å²) in [6.45, 7) is 1.99. The molecular formula is C18H14Br2N2O2. The highest BCUT2D eigenvalue weighted by atomic mass is 79.9. The largest absolute Gasteiger partial charge is 0.451 e. The number of benzene rings is 2. The first kappa shape index (κ1) is 16.8. The second-order valence-corrected chi connectivity index (χ2v) is 7.09. The lowest BCUT2D eigenvalue weighted by Gasteiger charge is -2.07. The molecule has 4 nitrogen and oxygen atoms in total. The van der Waals surface area contributed by atoms with Gasteiger partial charge in [-0.25, -0.2) is 0 Å². The first-order chi connectivity index (χ1) is 11.4. The number of hydrogen-bond acceptors (Lipinski definition) is 3. The predicted octanol–water partition coefficient (Wildman–Crippen LogP) is 5.61. The quantitative estimate of drug-likeness (QED) is 0.510. The molecule has 1 aromatic heterocycles. The number of nitrogens with two attached hydrogens (primary N) is 1. The third kappa shape index (κ3) is 3.55. The van der Waals surface area contributed by atoms with Crippen LogP contribution in [0.4, 0.5) is 11.4 Å². The van der Waals surface area contributed by atoms with E-state index < -0.39 is 0 Å². The van der Waals surface area contributed by atoms with Crippen molar-refractivity contribution in [3.05, 3.63) is 68.8 Å². The fourth-order valence-corrected chi connectivity index (χ4v) is 3.30. The van der Waals surface area contributed by atoms with E-state index in [0.717, 1.165) is 15.6 Å². The van der Waals surface area contributed by atoms with Gasteiger partial charge in [0.1, 0.15) is 5.76 Å². The van der Waals surface area contributed by atoms with Crippen LogP contribution in [-0.4, -0.2) is 5.91 Å². The second-order valence-electron chi connectivity index (χ2n) is 5.32. The van der Waals surface area contributed by atoms with Crippen LogP contribution in [-0.2, 0) is 0 Å². The van der Waals surface area contributed by atoms with Gasteiger partial charge in [0.2, 0.25) is 0 Å². The minimum atomic E-state index is -0.318. The Balaban J connectivity index is 1.83. The Morgan fingerprint density at radius 1 is 1.08 bits per heavy atom. The van der Waals surface area contributed by atoms with Crippen molar-refractivity contribution in [1.82, 2.24) is 0 Å². The van der Waals surface area contributed by atoms with Gasteiger partial charge in [0, 0.05) is 20.2 Å². The van der Waals surface area contributed by atoms with E-state index in [1.54, 1.807) is 30.3 Å². The summed E-state index contributed by atoms with van der Waals surface area (Å²) < 4.78 is 7.44. The van der Waals surface area contributed by atoms with Crippen LogP contribution in [0.25, 0.3) is 11.3 Å². The topological polar surface area (TPSA) is 68.3 Å². The summed E-state index contributed by atoms with van der Waals surface area (Å²) in [7, 11) is 0. The fraction of sp³-hybridized carbons (Fsp3) is 0.0556. The van der Waals surface area contributed by atoms with Gasteiger partial charge in [-0.2, -0.15) is 0 Å². The Labute approximate surface area is 156 Å². The maximum Gasteiger partial charge on any atom is 0.291 e. The summed E-state index contributed by atoms with van der Waals surface area (Å²) >= 11 is 6.81. The lowest BCUT2D eigenvalue weighted by Crippen LogP contribution is -2.11. The first-order valence-corrected chi connectivity index (χ1v) is 8.75. The zero-order valence-electron chi connectivity index (χ0n) is 12.8. The smallest absolute Gasteiger partial charge is 0.291 e. The normalized spacial score (nSPS) is 10.6. The molecule has 0 unspecified atom stereocenters. The van der Waals surface area contributed by atoms with Crippen LogP contribution >= 0.6 is 31.9 Å². The molecule has 0 aliphatic carbocycles. The molecule has 6 heteroatoms. The number of furan rings is 1. The predicted molar refractivity (Wildman–Crippen MR) is 103 cm³/mol. The molecule has 0 aliphatic rings. The van der Waals surface area contributed by atoms with Crippen LogP contribution in [0.3, 0.4) is 0 Å². The zero-order valence-corrected chi connectivity index (χ0v) is 15.9. The molecule has 0 atom stereocenters. The molecule has 0 saturated carbocycles. The molecule has 0 fully saturated rings. The molecule has 3 N–H and O–H groups in total. The number of carbonyl (C=O) groups excluding carboxylic acids is 1. The average Bonchev–Trinajstić information content (AvgIpc) is 3.00. The Bertz CT molecular complexity index is 919. The van der Waals surface area contributed by atoms with Gasteiger partial charge in [0.15, 0.2) is 5.76 Å². The third-order valence-corrected chi connectivity index (χ3v) is 4.67. The number of anilines is 2. The van der Waals surface area contributed by atoms with Crippen LogP contribution in [0.5, 0.6) is 0 Å². The fourth-order valence-electron chi connectivity index (χ4n) is 2.32. The van der Waals surface area contributed by atoms with Gasteiger partial charge < -0.3 is 15.5 Å². The average molecular weight is 450 g/mol. The molecule has 1 heterocycles. The Morgan fingerprint density at radius 2 is 1.88 bits per heavy atom. The molecule has 3 rings (SSSR count). The molecule has 0 bridgehead atoms. The monoisotopic (exact) mass is 448 g/mol. The lowest BCUT2D eigenvalue weighted by atomic mass is 10.1. The second kappa shape index (κ2) is 6.83. The van der Waals surface area contributed by atoms with E-state index in [0.29, 0.717) is 21.6 Å². The van der Waals surface area contributed by atoms with Crippen LogP contribution in [0.1, 0.15) is 16.1 Å². The van der Waals surface area contributed by atoms with Crippen LogP contribution in [0, 0.1) is 6.92 Å². The van der Waals surface area contributed by atoms with Gasteiger partial charge in [-0.1, -0.05) is 15.9 Å². The molecule has 0 spiro atoms. The molecule has 0 aliphatic heterocycles. The Hall–Kier alpha value is -2.05. The van der Waals surface area contributed by atoms with Gasteiger partial charge in [-0.15, -0.1) is 0 Å². The highest BCUT2D eigenvalue weighted by molar-refractivity contribution is 9.10. The molecule has 24 heavy (non-hydrogen) atoms. The van der Waals surface area contributed by atoms with Crippen molar-refractivity contribution in [1.29, 1.82) is 0 Å². The van der Waals surface area contributed by atoms with Crippen molar-refractivity contribution in [2.75, 3.05) is 11.1 Å². The number of aryl methyl sites for hydroxylation is 1. The van der Waals surface area contributed by atoms with E-state index in [4.69, 9.17) is 10.2 Å². The van der Waals surface area contributed by atoms with E-state index in [-0.39, 0.29) is 11.7 Å². The van der Waals surface area contributed by atoms with E-state index >= 15 is 0 Å². The molecule has 2 aromatic carbocycles. The van der Waals surface area contributed by atoms with Crippen molar-refractivity contribution in [3.63, 3.8) is 0 Å². The van der Waals surface area contributed by atoms with Crippen LogP contribution in [0.15, 0.2) is 61.9 Å². The number of halogens is 2. The minimum Gasteiger partial charge on any atom is -0.451 e. The summed E-state index contributed by atoms with van der Waals surface area (Å²) in [6.07, 6.45) is 0. The van der Waals surface area contributed by atoms with Gasteiger partial charge >= 0.3 is 0 Å². The number of nitrogen functional groups attached to an aromatic ring is 1. The standard InChI is InChI=1S/C18H14Br2N2O2/c1-10-8-11(19)2-4-13(10)16-6-7-17(24-16)18(23)22-15-5-3-12(21)9-14(15)20/h2-9H,21H2,1H3,(H,22,23). The highest BCUT2D eigenvalue weighted by Crippen LogP contribution is 2.29. The number of rotatable bonds is 3. The summed E-state index contributed by atoms with van der Waals surface area (Å²) in [5, 5.41) is 2.80. The van der Waals surface area contributed by atoms with E-state index in [9.17, 15) is 4.79 Å². The van der Waals surface area contributed by atoms with Crippen LogP contribution < -0.4 is 11.1 Å². The van der Waals surface area contributed by atoms with Crippen molar-refractivity contribution in [3.8, 4) is 11.3 Å². The third-order valence-electron chi connectivity index (χ3n) is 3.53. The molecular weight excluding hydrogens is 436 g/mol. The molecule has 0 radical (unpaired) electrons. The molecule has 122 valence electrons. The SMILES string of the molecule is Cc1cc(Br)ccc1-c1ccc(C(=O)Nc2ccc(N)cc2Br)o1. The highest BCUT2D eigenvalue weighted by Gasteiger charge is 2.15. The van der Waals surface area contributed by atoms with Crippen molar-refractivity contribution >= 4 is 49.1 Å². The van der Waals surface area contributed by atoms with Crippen molar-refractivity contribution in [2.24, 2.45) is 0 Å². The molecule has 1 amide bonds. The summed E-state index contributed by atoms with van der Waals surface area (Å²) in [4.78, 5) is 12.4. The van der Waals surface area contributed by atoms with Gasteiger partial charge in [0.25, 0.3) is 5.91 Å². The number of carbonyl (C=O) groups is 1.